The van der Waals surface area contributed by atoms with Gasteiger partial charge >= 0.3 is 0 Å². The molecule has 0 aliphatic carbocycles. The van der Waals surface area contributed by atoms with Gasteiger partial charge in [-0.25, -0.2) is 0 Å². The maximum atomic E-state index is 5.81. The number of nitrogens with two attached hydrogens (primary N) is 1. The van der Waals surface area contributed by atoms with Gasteiger partial charge in [0.15, 0.2) is 0 Å². The minimum atomic E-state index is 0.526. The number of benzene rings is 1. The summed E-state index contributed by atoms with van der Waals surface area (Å²) in [6.07, 6.45) is 4.56. The van der Waals surface area contributed by atoms with Gasteiger partial charge in [-0.2, -0.15) is 0 Å². The molecule has 1 saturated heterocycles. The highest BCUT2D eigenvalue weighted by atomic mass is 32.1. The second kappa shape index (κ2) is 7.60. The summed E-state index contributed by atoms with van der Waals surface area (Å²) in [6, 6.07) is 8.80. The molecule has 0 amide bonds. The molecule has 4 heteroatoms. The van der Waals surface area contributed by atoms with Crippen molar-refractivity contribution in [1.29, 1.82) is 0 Å². The van der Waals surface area contributed by atoms with Crippen LogP contribution in [0.5, 0.6) is 5.75 Å². The molecule has 1 heterocycles. The van der Waals surface area contributed by atoms with Gasteiger partial charge in [0.2, 0.25) is 0 Å². The number of thiocarbonyl (C=S) groups is 1. The SMILES string of the molecule is CCC1CCCN1CCOc1ccc(CC(N)=S)cc1. The summed E-state index contributed by atoms with van der Waals surface area (Å²) < 4.78 is 5.81. The van der Waals surface area contributed by atoms with Crippen molar-refractivity contribution in [2.24, 2.45) is 5.73 Å². The molecule has 110 valence electrons. The van der Waals surface area contributed by atoms with Gasteiger partial charge in [-0.3, -0.25) is 4.90 Å². The highest BCUT2D eigenvalue weighted by molar-refractivity contribution is 7.80. The minimum absolute atomic E-state index is 0.526. The zero-order chi connectivity index (χ0) is 14.4. The third kappa shape index (κ3) is 4.46. The van der Waals surface area contributed by atoms with Crippen LogP contribution in [0.4, 0.5) is 0 Å². The first-order valence-corrected chi connectivity index (χ1v) is 7.84. The summed E-state index contributed by atoms with van der Waals surface area (Å²) >= 11 is 4.91. The van der Waals surface area contributed by atoms with Crippen molar-refractivity contribution in [3.8, 4) is 5.75 Å². The normalized spacial score (nSPS) is 19.1. The molecular weight excluding hydrogens is 268 g/mol. The third-order valence-electron chi connectivity index (χ3n) is 3.92. The molecule has 1 aromatic rings. The quantitative estimate of drug-likeness (QED) is 0.784. The Morgan fingerprint density at radius 3 is 2.80 bits per heavy atom. The van der Waals surface area contributed by atoms with E-state index >= 15 is 0 Å². The number of rotatable bonds is 7. The lowest BCUT2D eigenvalue weighted by Gasteiger charge is -2.23. The van der Waals surface area contributed by atoms with Crippen molar-refractivity contribution in [2.75, 3.05) is 19.7 Å². The molecule has 0 bridgehead atoms. The second-order valence-electron chi connectivity index (χ2n) is 5.38. The monoisotopic (exact) mass is 292 g/mol. The summed E-state index contributed by atoms with van der Waals surface area (Å²) in [7, 11) is 0. The molecule has 0 saturated carbocycles. The fourth-order valence-electron chi connectivity index (χ4n) is 2.84. The summed E-state index contributed by atoms with van der Waals surface area (Å²) in [6.45, 7) is 5.26. The Hall–Kier alpha value is -1.13. The van der Waals surface area contributed by atoms with E-state index < -0.39 is 0 Å². The largest absolute Gasteiger partial charge is 0.492 e. The molecule has 0 aromatic heterocycles. The van der Waals surface area contributed by atoms with Gasteiger partial charge in [0.25, 0.3) is 0 Å². The Balaban J connectivity index is 1.75. The fraction of sp³-hybridized carbons (Fsp3) is 0.562. The first-order valence-electron chi connectivity index (χ1n) is 7.43. The number of hydrogen-bond acceptors (Lipinski definition) is 3. The van der Waals surface area contributed by atoms with Crippen molar-refractivity contribution < 1.29 is 4.74 Å². The van der Waals surface area contributed by atoms with Crippen molar-refractivity contribution in [2.45, 2.75) is 38.6 Å². The Morgan fingerprint density at radius 1 is 1.40 bits per heavy atom. The minimum Gasteiger partial charge on any atom is -0.492 e. The van der Waals surface area contributed by atoms with E-state index in [1.807, 2.05) is 24.3 Å². The zero-order valence-corrected chi connectivity index (χ0v) is 13.0. The topological polar surface area (TPSA) is 38.5 Å². The highest BCUT2D eigenvalue weighted by Gasteiger charge is 2.21. The smallest absolute Gasteiger partial charge is 0.119 e. The lowest BCUT2D eigenvalue weighted by atomic mass is 10.1. The third-order valence-corrected chi connectivity index (χ3v) is 4.06. The van der Waals surface area contributed by atoms with Crippen LogP contribution in [0.25, 0.3) is 0 Å². The van der Waals surface area contributed by atoms with E-state index in [-0.39, 0.29) is 0 Å². The van der Waals surface area contributed by atoms with E-state index in [1.165, 1.54) is 25.8 Å². The summed E-state index contributed by atoms with van der Waals surface area (Å²) in [5.74, 6) is 0.920. The van der Waals surface area contributed by atoms with Crippen molar-refractivity contribution >= 4 is 17.2 Å². The Labute approximate surface area is 127 Å². The first-order chi connectivity index (χ1) is 9.69. The molecule has 0 radical (unpaired) electrons. The molecule has 3 nitrogen and oxygen atoms in total. The number of ether oxygens (including phenoxy) is 1. The average Bonchev–Trinajstić information content (AvgIpc) is 2.87. The van der Waals surface area contributed by atoms with E-state index in [1.54, 1.807) is 0 Å². The van der Waals surface area contributed by atoms with E-state index in [0.717, 1.165) is 30.5 Å². The zero-order valence-electron chi connectivity index (χ0n) is 12.2. The molecule has 2 N–H and O–H groups in total. The van der Waals surface area contributed by atoms with Gasteiger partial charge in [-0.05, 0) is 43.5 Å². The van der Waals surface area contributed by atoms with E-state index in [2.05, 4.69) is 11.8 Å². The van der Waals surface area contributed by atoms with Crippen LogP contribution in [-0.2, 0) is 6.42 Å². The van der Waals surface area contributed by atoms with Gasteiger partial charge in [-0.15, -0.1) is 0 Å². The van der Waals surface area contributed by atoms with E-state index in [4.69, 9.17) is 22.7 Å². The van der Waals surface area contributed by atoms with Crippen LogP contribution in [0.1, 0.15) is 31.7 Å². The van der Waals surface area contributed by atoms with Crippen molar-refractivity contribution in [3.63, 3.8) is 0 Å². The number of nitrogens with zero attached hydrogens (tertiary/aromatic N) is 1. The fourth-order valence-corrected chi connectivity index (χ4v) is 3.00. The van der Waals surface area contributed by atoms with Gasteiger partial charge in [0, 0.05) is 19.0 Å². The van der Waals surface area contributed by atoms with E-state index in [0.29, 0.717) is 11.4 Å². The van der Waals surface area contributed by atoms with Gasteiger partial charge < -0.3 is 10.5 Å². The van der Waals surface area contributed by atoms with Crippen molar-refractivity contribution in [3.05, 3.63) is 29.8 Å². The molecule has 1 unspecified atom stereocenters. The Bertz CT molecular complexity index is 433. The van der Waals surface area contributed by atoms with Crippen LogP contribution in [0, 0.1) is 0 Å². The molecular formula is C16H24N2OS. The molecule has 1 aromatic carbocycles. The van der Waals surface area contributed by atoms with Crippen molar-refractivity contribution in [1.82, 2.24) is 4.90 Å². The number of likely N-dealkylation sites (tertiary alicyclic amines) is 1. The molecule has 0 spiro atoms. The Kier molecular flexibility index (Phi) is 5.80. The molecule has 1 aliphatic heterocycles. The standard InChI is InChI=1S/C16H24N2OS/c1-2-14-4-3-9-18(14)10-11-19-15-7-5-13(6-8-15)12-16(17)20/h5-8,14H,2-4,9-12H2,1H3,(H2,17,20). The molecule has 1 fully saturated rings. The van der Waals surface area contributed by atoms with Gasteiger partial charge in [-0.1, -0.05) is 31.3 Å². The van der Waals surface area contributed by atoms with Crippen LogP contribution >= 0.6 is 12.2 Å². The van der Waals surface area contributed by atoms with E-state index in [9.17, 15) is 0 Å². The second-order valence-corrected chi connectivity index (χ2v) is 5.90. The summed E-state index contributed by atoms with van der Waals surface area (Å²) in [5, 5.41) is 0. The average molecular weight is 292 g/mol. The molecule has 1 atom stereocenters. The van der Waals surface area contributed by atoms with Gasteiger partial charge in [0.05, 0.1) is 4.99 Å². The summed E-state index contributed by atoms with van der Waals surface area (Å²) in [4.78, 5) is 3.07. The maximum Gasteiger partial charge on any atom is 0.119 e. The first kappa shape index (κ1) is 15.3. The Morgan fingerprint density at radius 2 is 2.15 bits per heavy atom. The maximum absolute atomic E-state index is 5.81. The van der Waals surface area contributed by atoms with Gasteiger partial charge in [0.1, 0.15) is 12.4 Å². The van der Waals surface area contributed by atoms with Crippen LogP contribution in [0.3, 0.4) is 0 Å². The van der Waals surface area contributed by atoms with Crippen LogP contribution in [-0.4, -0.2) is 35.6 Å². The molecule has 20 heavy (non-hydrogen) atoms. The van der Waals surface area contributed by atoms with Crippen LogP contribution in [0.2, 0.25) is 0 Å². The highest BCUT2D eigenvalue weighted by Crippen LogP contribution is 2.19. The predicted molar refractivity (Wildman–Crippen MR) is 87.3 cm³/mol. The van der Waals surface area contributed by atoms with Crippen LogP contribution < -0.4 is 10.5 Å². The lowest BCUT2D eigenvalue weighted by molar-refractivity contribution is 0.193. The molecule has 1 aliphatic rings. The predicted octanol–water partition coefficient (Wildman–Crippen LogP) is 2.77. The lowest BCUT2D eigenvalue weighted by Crippen LogP contribution is -2.32. The number of hydrogen-bond donors (Lipinski definition) is 1. The summed E-state index contributed by atoms with van der Waals surface area (Å²) in [5.41, 5.74) is 6.67. The van der Waals surface area contributed by atoms with Crippen LogP contribution in [0.15, 0.2) is 24.3 Å². The molecule has 2 rings (SSSR count).